The maximum atomic E-state index is 12.4. The predicted octanol–water partition coefficient (Wildman–Crippen LogP) is 4.85. The second kappa shape index (κ2) is 5.89. The SMILES string of the molecule is CC(=NNC(=O)CC12CC3CC(CC(C3)C1)C2)c1ccc(Cl)s1. The van der Waals surface area contributed by atoms with Gasteiger partial charge in [0.05, 0.1) is 14.9 Å². The van der Waals surface area contributed by atoms with Gasteiger partial charge in [0.25, 0.3) is 0 Å². The number of rotatable bonds is 4. The van der Waals surface area contributed by atoms with Crippen molar-refractivity contribution in [3.63, 3.8) is 0 Å². The Hall–Kier alpha value is -0.870. The van der Waals surface area contributed by atoms with Crippen LogP contribution in [0, 0.1) is 23.2 Å². The number of amides is 1. The molecule has 0 aliphatic heterocycles. The minimum Gasteiger partial charge on any atom is -0.273 e. The molecule has 0 radical (unpaired) electrons. The summed E-state index contributed by atoms with van der Waals surface area (Å²) in [5.41, 5.74) is 3.87. The highest BCUT2D eigenvalue weighted by molar-refractivity contribution is 7.18. The van der Waals surface area contributed by atoms with Gasteiger partial charge in [0, 0.05) is 6.42 Å². The second-order valence-corrected chi connectivity index (χ2v) is 9.65. The molecule has 4 fully saturated rings. The summed E-state index contributed by atoms with van der Waals surface area (Å²) in [5, 5.41) is 4.27. The van der Waals surface area contributed by atoms with E-state index in [9.17, 15) is 4.79 Å². The fourth-order valence-corrected chi connectivity index (χ4v) is 6.58. The molecule has 0 unspecified atom stereocenters. The molecule has 0 aromatic carbocycles. The normalized spacial score (nSPS) is 35.6. The highest BCUT2D eigenvalue weighted by atomic mass is 35.5. The summed E-state index contributed by atoms with van der Waals surface area (Å²) in [7, 11) is 0. The fourth-order valence-electron chi connectivity index (χ4n) is 5.60. The number of nitrogens with one attached hydrogen (secondary N) is 1. The first-order valence-electron chi connectivity index (χ1n) is 8.60. The van der Waals surface area contributed by atoms with Gasteiger partial charge in [0.1, 0.15) is 0 Å². The molecule has 1 heterocycles. The Morgan fingerprint density at radius 1 is 1.26 bits per heavy atom. The number of thiophene rings is 1. The van der Waals surface area contributed by atoms with E-state index in [4.69, 9.17) is 11.6 Å². The number of carbonyl (C=O) groups is 1. The molecular weight excluding hydrogens is 328 g/mol. The molecule has 4 saturated carbocycles. The Bertz CT molecular complexity index is 616. The predicted molar refractivity (Wildman–Crippen MR) is 94.9 cm³/mol. The van der Waals surface area contributed by atoms with Gasteiger partial charge >= 0.3 is 0 Å². The van der Waals surface area contributed by atoms with E-state index in [2.05, 4.69) is 10.5 Å². The smallest absolute Gasteiger partial charge is 0.240 e. The molecule has 1 aromatic heterocycles. The van der Waals surface area contributed by atoms with E-state index >= 15 is 0 Å². The number of carbonyl (C=O) groups excluding carboxylic acids is 1. The Kier molecular flexibility index (Phi) is 4.01. The molecular formula is C18H23ClN2OS. The Labute approximate surface area is 146 Å². The standard InChI is InChI=1S/C18H23ClN2OS/c1-11(15-2-3-16(19)23-15)20-21-17(22)10-18-7-12-4-13(8-18)6-14(5-12)9-18/h2-3,12-14H,4-10H2,1H3,(H,21,22). The van der Waals surface area contributed by atoms with Gasteiger partial charge in [-0.15, -0.1) is 11.3 Å². The van der Waals surface area contributed by atoms with Gasteiger partial charge in [-0.25, -0.2) is 5.43 Å². The summed E-state index contributed by atoms with van der Waals surface area (Å²) in [6.45, 7) is 1.91. The third kappa shape index (κ3) is 3.20. The zero-order valence-corrected chi connectivity index (χ0v) is 15.1. The maximum absolute atomic E-state index is 12.4. The molecule has 1 amide bonds. The highest BCUT2D eigenvalue weighted by Gasteiger charge is 2.51. The van der Waals surface area contributed by atoms with Gasteiger partial charge < -0.3 is 0 Å². The van der Waals surface area contributed by atoms with Crippen molar-refractivity contribution in [1.82, 2.24) is 5.43 Å². The minimum atomic E-state index is 0.0777. The van der Waals surface area contributed by atoms with Gasteiger partial charge in [0.15, 0.2) is 0 Å². The van der Waals surface area contributed by atoms with Gasteiger partial charge in [-0.3, -0.25) is 4.79 Å². The molecule has 5 heteroatoms. The van der Waals surface area contributed by atoms with Crippen LogP contribution in [0.4, 0.5) is 0 Å². The first kappa shape index (κ1) is 15.6. The summed E-state index contributed by atoms with van der Waals surface area (Å²) in [6.07, 6.45) is 8.67. The van der Waals surface area contributed by atoms with Crippen LogP contribution >= 0.6 is 22.9 Å². The summed E-state index contributed by atoms with van der Waals surface area (Å²) in [6, 6.07) is 3.80. The molecule has 5 rings (SSSR count). The lowest BCUT2D eigenvalue weighted by molar-refractivity contribution is -0.129. The van der Waals surface area contributed by atoms with Crippen molar-refractivity contribution in [2.24, 2.45) is 28.3 Å². The van der Waals surface area contributed by atoms with Gasteiger partial charge in [-0.05, 0) is 80.8 Å². The van der Waals surface area contributed by atoms with E-state index in [1.165, 1.54) is 49.9 Å². The molecule has 4 aliphatic rings. The lowest BCUT2D eigenvalue weighted by atomic mass is 9.49. The average molecular weight is 351 g/mol. The van der Waals surface area contributed by atoms with Gasteiger partial charge in [-0.1, -0.05) is 11.6 Å². The Morgan fingerprint density at radius 2 is 1.87 bits per heavy atom. The van der Waals surface area contributed by atoms with Gasteiger partial charge in [-0.2, -0.15) is 5.10 Å². The number of hydrogen-bond donors (Lipinski definition) is 1. The fraction of sp³-hybridized carbons (Fsp3) is 0.667. The molecule has 0 atom stereocenters. The monoisotopic (exact) mass is 350 g/mol. The van der Waals surface area contributed by atoms with Crippen molar-refractivity contribution in [3.8, 4) is 0 Å². The van der Waals surface area contributed by atoms with Crippen LogP contribution in [0.3, 0.4) is 0 Å². The molecule has 0 saturated heterocycles. The summed E-state index contributed by atoms with van der Waals surface area (Å²) >= 11 is 7.43. The van der Waals surface area contributed by atoms with Crippen molar-refractivity contribution in [2.45, 2.75) is 51.9 Å². The van der Waals surface area contributed by atoms with Crippen LogP contribution in [-0.2, 0) is 4.79 Å². The van der Waals surface area contributed by atoms with E-state index in [1.54, 1.807) is 0 Å². The molecule has 1 aromatic rings. The molecule has 4 bridgehead atoms. The lowest BCUT2D eigenvalue weighted by Gasteiger charge is -2.56. The topological polar surface area (TPSA) is 41.5 Å². The summed E-state index contributed by atoms with van der Waals surface area (Å²) in [5.74, 6) is 2.72. The van der Waals surface area contributed by atoms with Gasteiger partial charge in [0.2, 0.25) is 5.91 Å². The highest BCUT2D eigenvalue weighted by Crippen LogP contribution is 2.61. The number of nitrogens with zero attached hydrogens (tertiary/aromatic N) is 1. The summed E-state index contributed by atoms with van der Waals surface area (Å²) < 4.78 is 0.745. The number of hydrogen-bond acceptors (Lipinski definition) is 3. The van der Waals surface area contributed by atoms with Crippen LogP contribution in [0.5, 0.6) is 0 Å². The van der Waals surface area contributed by atoms with Crippen molar-refractivity contribution >= 4 is 34.6 Å². The first-order valence-corrected chi connectivity index (χ1v) is 9.80. The Balaban J connectivity index is 1.39. The largest absolute Gasteiger partial charge is 0.273 e. The van der Waals surface area contributed by atoms with Crippen molar-refractivity contribution < 1.29 is 4.79 Å². The molecule has 4 aliphatic carbocycles. The molecule has 0 spiro atoms. The third-order valence-electron chi connectivity index (χ3n) is 5.98. The van der Waals surface area contributed by atoms with E-state index in [0.717, 1.165) is 32.7 Å². The van der Waals surface area contributed by atoms with Crippen LogP contribution < -0.4 is 5.43 Å². The van der Waals surface area contributed by atoms with Crippen LogP contribution in [0.25, 0.3) is 0 Å². The van der Waals surface area contributed by atoms with Crippen LogP contribution in [0.15, 0.2) is 17.2 Å². The zero-order chi connectivity index (χ0) is 16.0. The van der Waals surface area contributed by atoms with Crippen molar-refractivity contribution in [2.75, 3.05) is 0 Å². The van der Waals surface area contributed by atoms with Crippen molar-refractivity contribution in [1.29, 1.82) is 0 Å². The van der Waals surface area contributed by atoms with Crippen LogP contribution in [-0.4, -0.2) is 11.6 Å². The number of halogens is 1. The number of hydrazone groups is 1. The minimum absolute atomic E-state index is 0.0777. The van der Waals surface area contributed by atoms with E-state index in [0.29, 0.717) is 6.42 Å². The Morgan fingerprint density at radius 3 is 2.39 bits per heavy atom. The molecule has 23 heavy (non-hydrogen) atoms. The summed E-state index contributed by atoms with van der Waals surface area (Å²) in [4.78, 5) is 13.4. The zero-order valence-electron chi connectivity index (χ0n) is 13.5. The lowest BCUT2D eigenvalue weighted by Crippen LogP contribution is -2.47. The van der Waals surface area contributed by atoms with E-state index in [1.807, 2.05) is 19.1 Å². The maximum Gasteiger partial charge on any atom is 0.240 e. The van der Waals surface area contributed by atoms with Crippen LogP contribution in [0.1, 0.15) is 56.7 Å². The average Bonchev–Trinajstić information content (AvgIpc) is 2.89. The van der Waals surface area contributed by atoms with E-state index < -0.39 is 0 Å². The third-order valence-corrected chi connectivity index (χ3v) is 7.32. The quantitative estimate of drug-likeness (QED) is 0.612. The van der Waals surface area contributed by atoms with Crippen LogP contribution in [0.2, 0.25) is 4.34 Å². The molecule has 1 N–H and O–H groups in total. The second-order valence-electron chi connectivity index (χ2n) is 7.93. The molecule has 124 valence electrons. The van der Waals surface area contributed by atoms with Crippen molar-refractivity contribution in [3.05, 3.63) is 21.3 Å². The first-order chi connectivity index (χ1) is 11.0. The van der Waals surface area contributed by atoms with E-state index in [-0.39, 0.29) is 11.3 Å². The molecule has 3 nitrogen and oxygen atoms in total.